The van der Waals surface area contributed by atoms with Gasteiger partial charge >= 0.3 is 0 Å². The summed E-state index contributed by atoms with van der Waals surface area (Å²) in [7, 11) is 0. The van der Waals surface area contributed by atoms with Crippen molar-refractivity contribution in [3.8, 4) is 0 Å². The lowest BCUT2D eigenvalue weighted by molar-refractivity contribution is -0.384. The van der Waals surface area contributed by atoms with Gasteiger partial charge in [-0.25, -0.2) is 0 Å². The fraction of sp³-hybridized carbons (Fsp3) is 0.533. The first kappa shape index (κ1) is 16.2. The van der Waals surface area contributed by atoms with E-state index in [0.717, 1.165) is 25.9 Å². The zero-order valence-corrected chi connectivity index (χ0v) is 13.0. The third-order valence-corrected chi connectivity index (χ3v) is 3.84. The second-order valence-electron chi connectivity index (χ2n) is 6.20. The lowest BCUT2D eigenvalue weighted by Gasteiger charge is -2.24. The zero-order chi connectivity index (χ0) is 16.3. The molecule has 7 heteroatoms. The van der Waals surface area contributed by atoms with Crippen LogP contribution in [0.15, 0.2) is 18.2 Å². The molecule has 3 N–H and O–H groups in total. The molecule has 0 atom stereocenters. The minimum Gasteiger partial charge on any atom is -0.366 e. The predicted molar refractivity (Wildman–Crippen MR) is 85.1 cm³/mol. The molecule has 7 nitrogen and oxygen atoms in total. The molecular weight excluding hydrogens is 284 g/mol. The van der Waals surface area contributed by atoms with Crippen molar-refractivity contribution in [3.63, 3.8) is 0 Å². The van der Waals surface area contributed by atoms with Gasteiger partial charge < -0.3 is 16.0 Å². The third-order valence-electron chi connectivity index (χ3n) is 3.84. The first-order valence-corrected chi connectivity index (χ1v) is 7.40. The van der Waals surface area contributed by atoms with E-state index >= 15 is 0 Å². The Bertz CT molecular complexity index is 580. The van der Waals surface area contributed by atoms with E-state index in [1.807, 2.05) is 4.90 Å². The maximum absolute atomic E-state index is 12.2. The van der Waals surface area contributed by atoms with Crippen LogP contribution in [-0.2, 0) is 0 Å². The minimum atomic E-state index is -0.556. The highest BCUT2D eigenvalue weighted by atomic mass is 16.6. The summed E-state index contributed by atoms with van der Waals surface area (Å²) in [5, 5.41) is 14.1. The molecule has 0 bridgehead atoms. The molecule has 0 aliphatic carbocycles. The molecule has 1 amide bonds. The molecule has 0 radical (unpaired) electrons. The molecule has 120 valence electrons. The highest BCUT2D eigenvalue weighted by molar-refractivity contribution is 5.96. The minimum absolute atomic E-state index is 0.0277. The summed E-state index contributed by atoms with van der Waals surface area (Å²) in [4.78, 5) is 25.1. The number of carbonyl (C=O) groups is 1. The van der Waals surface area contributed by atoms with E-state index in [2.05, 4.69) is 5.32 Å². The lowest BCUT2D eigenvalue weighted by atomic mass is 10.0. The third kappa shape index (κ3) is 3.54. The number of carbonyl (C=O) groups excluding carboxylic acids is 1. The van der Waals surface area contributed by atoms with Crippen molar-refractivity contribution >= 4 is 17.3 Å². The first-order chi connectivity index (χ1) is 10.3. The van der Waals surface area contributed by atoms with Crippen LogP contribution >= 0.6 is 0 Å². The highest BCUT2D eigenvalue weighted by Gasteiger charge is 2.25. The molecule has 0 saturated carbocycles. The Hall–Kier alpha value is -2.15. The van der Waals surface area contributed by atoms with Gasteiger partial charge in [-0.15, -0.1) is 0 Å². The van der Waals surface area contributed by atoms with Gasteiger partial charge in [-0.2, -0.15) is 0 Å². The molecule has 1 aliphatic heterocycles. The number of amides is 1. The summed E-state index contributed by atoms with van der Waals surface area (Å²) in [6.07, 6.45) is 2.06. The normalized spacial score (nSPS) is 15.0. The van der Waals surface area contributed by atoms with E-state index in [1.54, 1.807) is 26.0 Å². The van der Waals surface area contributed by atoms with Crippen molar-refractivity contribution in [3.05, 3.63) is 33.9 Å². The van der Waals surface area contributed by atoms with Crippen LogP contribution in [0.5, 0.6) is 0 Å². The largest absolute Gasteiger partial charge is 0.366 e. The van der Waals surface area contributed by atoms with E-state index in [9.17, 15) is 14.9 Å². The van der Waals surface area contributed by atoms with Crippen LogP contribution in [0.2, 0.25) is 0 Å². The molecule has 0 aromatic heterocycles. The Labute approximate surface area is 129 Å². The first-order valence-electron chi connectivity index (χ1n) is 7.40. The van der Waals surface area contributed by atoms with Crippen LogP contribution in [0.1, 0.15) is 37.0 Å². The van der Waals surface area contributed by atoms with Crippen molar-refractivity contribution in [2.24, 2.45) is 5.73 Å². The van der Waals surface area contributed by atoms with E-state index in [4.69, 9.17) is 5.73 Å². The van der Waals surface area contributed by atoms with Crippen molar-refractivity contribution in [2.45, 2.75) is 32.2 Å². The molecule has 1 heterocycles. The summed E-state index contributed by atoms with van der Waals surface area (Å²) in [6, 6.07) is 4.63. The Morgan fingerprint density at radius 1 is 1.41 bits per heavy atom. The van der Waals surface area contributed by atoms with Crippen LogP contribution in [-0.4, -0.2) is 36.0 Å². The number of nitrogens with zero attached hydrogens (tertiary/aromatic N) is 2. The van der Waals surface area contributed by atoms with E-state index in [-0.39, 0.29) is 23.7 Å². The summed E-state index contributed by atoms with van der Waals surface area (Å²) in [5.41, 5.74) is 5.86. The van der Waals surface area contributed by atoms with E-state index in [1.165, 1.54) is 6.07 Å². The number of benzene rings is 1. The summed E-state index contributed by atoms with van der Waals surface area (Å²) in [5.74, 6) is -0.355. The molecule has 1 aliphatic rings. The SMILES string of the molecule is CC(C)(CN)NC(=O)c1ccc(N2CCCC2)c([N+](=O)[O-])c1. The Kier molecular flexibility index (Phi) is 4.65. The van der Waals surface area contributed by atoms with Gasteiger partial charge in [0.05, 0.1) is 4.92 Å². The molecule has 2 rings (SSSR count). The second-order valence-corrected chi connectivity index (χ2v) is 6.20. The van der Waals surface area contributed by atoms with Crippen molar-refractivity contribution in [1.29, 1.82) is 0 Å². The number of nitrogens with one attached hydrogen (secondary N) is 1. The zero-order valence-electron chi connectivity index (χ0n) is 13.0. The Balaban J connectivity index is 2.29. The second kappa shape index (κ2) is 6.31. The van der Waals surface area contributed by atoms with Gasteiger partial charge in [-0.05, 0) is 38.8 Å². The molecule has 1 saturated heterocycles. The van der Waals surface area contributed by atoms with Gasteiger partial charge in [-0.3, -0.25) is 14.9 Å². The topological polar surface area (TPSA) is 102 Å². The molecule has 22 heavy (non-hydrogen) atoms. The maximum atomic E-state index is 12.2. The van der Waals surface area contributed by atoms with Crippen LogP contribution in [0.3, 0.4) is 0 Å². The number of nitro groups is 1. The highest BCUT2D eigenvalue weighted by Crippen LogP contribution is 2.31. The van der Waals surface area contributed by atoms with Gasteiger partial charge in [0.15, 0.2) is 0 Å². The Morgan fingerprint density at radius 2 is 2.05 bits per heavy atom. The molecule has 1 aromatic carbocycles. The number of anilines is 1. The fourth-order valence-corrected chi connectivity index (χ4v) is 2.47. The van der Waals surface area contributed by atoms with E-state index < -0.39 is 10.5 Å². The summed E-state index contributed by atoms with van der Waals surface area (Å²) < 4.78 is 0. The van der Waals surface area contributed by atoms with Gasteiger partial charge in [0.2, 0.25) is 0 Å². The number of hydrogen-bond donors (Lipinski definition) is 2. The number of hydrogen-bond acceptors (Lipinski definition) is 5. The molecular formula is C15H22N4O3. The van der Waals surface area contributed by atoms with Crippen molar-refractivity contribution in [2.75, 3.05) is 24.5 Å². The quantitative estimate of drug-likeness (QED) is 0.636. The Morgan fingerprint density at radius 3 is 2.59 bits per heavy atom. The fourth-order valence-electron chi connectivity index (χ4n) is 2.47. The average Bonchev–Trinajstić information content (AvgIpc) is 3.00. The molecule has 1 aromatic rings. The summed E-state index contributed by atoms with van der Waals surface area (Å²) >= 11 is 0. The number of nitrogens with two attached hydrogens (primary N) is 1. The lowest BCUT2D eigenvalue weighted by Crippen LogP contribution is -2.48. The molecule has 0 spiro atoms. The smallest absolute Gasteiger partial charge is 0.293 e. The van der Waals surface area contributed by atoms with Crippen LogP contribution < -0.4 is 16.0 Å². The van der Waals surface area contributed by atoms with Crippen LogP contribution in [0.4, 0.5) is 11.4 Å². The number of rotatable bonds is 5. The maximum Gasteiger partial charge on any atom is 0.293 e. The van der Waals surface area contributed by atoms with Gasteiger partial charge in [0, 0.05) is 36.8 Å². The summed E-state index contributed by atoms with van der Waals surface area (Å²) in [6.45, 7) is 5.52. The van der Waals surface area contributed by atoms with Crippen LogP contribution in [0.25, 0.3) is 0 Å². The van der Waals surface area contributed by atoms with E-state index in [0.29, 0.717) is 5.69 Å². The van der Waals surface area contributed by atoms with Gasteiger partial charge in [0.25, 0.3) is 11.6 Å². The monoisotopic (exact) mass is 306 g/mol. The predicted octanol–water partition coefficient (Wildman–Crippen LogP) is 1.66. The van der Waals surface area contributed by atoms with Crippen molar-refractivity contribution < 1.29 is 9.72 Å². The van der Waals surface area contributed by atoms with Crippen LogP contribution in [0, 0.1) is 10.1 Å². The van der Waals surface area contributed by atoms with Gasteiger partial charge in [-0.1, -0.05) is 0 Å². The standard InChI is InChI=1S/C15H22N4O3/c1-15(2,10-16)17-14(20)11-5-6-12(13(9-11)19(21)22)18-7-3-4-8-18/h5-6,9H,3-4,7-8,10,16H2,1-2H3,(H,17,20). The van der Waals surface area contributed by atoms with Gasteiger partial charge in [0.1, 0.15) is 5.69 Å². The number of nitro benzene ring substituents is 1. The molecule has 0 unspecified atom stereocenters. The molecule has 1 fully saturated rings. The average molecular weight is 306 g/mol. The van der Waals surface area contributed by atoms with Crippen molar-refractivity contribution in [1.82, 2.24) is 5.32 Å².